The summed E-state index contributed by atoms with van der Waals surface area (Å²) in [6, 6.07) is 4.77. The van der Waals surface area contributed by atoms with Crippen molar-refractivity contribution in [2.24, 2.45) is 0 Å². The number of hydrogen-bond donors (Lipinski definition) is 1. The van der Waals surface area contributed by atoms with Crippen LogP contribution in [0.25, 0.3) is 0 Å². The van der Waals surface area contributed by atoms with Gasteiger partial charge in [-0.25, -0.2) is 0 Å². The van der Waals surface area contributed by atoms with E-state index in [1.54, 1.807) is 11.8 Å². The molecule has 0 aliphatic carbocycles. The zero-order valence-corrected chi connectivity index (χ0v) is 13.9. The molecule has 0 aromatic heterocycles. The Morgan fingerprint density at radius 3 is 2.40 bits per heavy atom. The van der Waals surface area contributed by atoms with Crippen molar-refractivity contribution < 1.29 is 9.53 Å². The van der Waals surface area contributed by atoms with E-state index in [0.717, 1.165) is 11.5 Å². The van der Waals surface area contributed by atoms with Gasteiger partial charge in [0.25, 0.3) is 0 Å². The molecule has 4 heteroatoms. The standard InChI is InChI=1S/C16H25NO2S/c1-11-8-12(2)16(13(3)9-11)14(17-4)10-20-7-6-15(18)19-5/h8-9,14,17H,6-7,10H2,1-5H3. The Kier molecular flexibility index (Phi) is 7.10. The fourth-order valence-corrected chi connectivity index (χ4v) is 3.56. The van der Waals surface area contributed by atoms with Crippen LogP contribution in [0, 0.1) is 20.8 Å². The fraction of sp³-hybridized carbons (Fsp3) is 0.562. The summed E-state index contributed by atoms with van der Waals surface area (Å²) in [7, 11) is 3.42. The van der Waals surface area contributed by atoms with E-state index in [9.17, 15) is 4.79 Å². The fourth-order valence-electron chi connectivity index (χ4n) is 2.51. The molecular formula is C16H25NO2S. The molecule has 0 spiro atoms. The van der Waals surface area contributed by atoms with Gasteiger partial charge < -0.3 is 10.1 Å². The van der Waals surface area contributed by atoms with Crippen molar-refractivity contribution >= 4 is 17.7 Å². The first kappa shape index (κ1) is 17.1. The smallest absolute Gasteiger partial charge is 0.306 e. The van der Waals surface area contributed by atoms with Crippen LogP contribution in [0.3, 0.4) is 0 Å². The van der Waals surface area contributed by atoms with Crippen molar-refractivity contribution in [2.45, 2.75) is 33.2 Å². The van der Waals surface area contributed by atoms with E-state index in [2.05, 4.69) is 43.0 Å². The second-order valence-electron chi connectivity index (χ2n) is 5.05. The molecule has 1 rings (SSSR count). The summed E-state index contributed by atoms with van der Waals surface area (Å²) < 4.78 is 4.65. The van der Waals surface area contributed by atoms with Crippen molar-refractivity contribution in [1.29, 1.82) is 0 Å². The Morgan fingerprint density at radius 2 is 1.90 bits per heavy atom. The molecule has 0 fully saturated rings. The number of methoxy groups -OCH3 is 1. The van der Waals surface area contributed by atoms with E-state index < -0.39 is 0 Å². The van der Waals surface area contributed by atoms with Crippen LogP contribution in [0.2, 0.25) is 0 Å². The predicted octanol–water partition coefficient (Wildman–Crippen LogP) is 3.17. The molecule has 112 valence electrons. The highest BCUT2D eigenvalue weighted by Crippen LogP contribution is 2.26. The zero-order chi connectivity index (χ0) is 15.1. The average molecular weight is 295 g/mol. The van der Waals surface area contributed by atoms with Gasteiger partial charge in [-0.15, -0.1) is 0 Å². The topological polar surface area (TPSA) is 38.3 Å². The molecule has 0 aliphatic rings. The molecule has 0 bridgehead atoms. The van der Waals surface area contributed by atoms with Crippen LogP contribution < -0.4 is 5.32 Å². The van der Waals surface area contributed by atoms with E-state index in [0.29, 0.717) is 12.5 Å². The first-order valence-corrected chi connectivity index (χ1v) is 8.04. The molecule has 20 heavy (non-hydrogen) atoms. The minimum Gasteiger partial charge on any atom is -0.469 e. The van der Waals surface area contributed by atoms with Gasteiger partial charge in [0.2, 0.25) is 0 Å². The second-order valence-corrected chi connectivity index (χ2v) is 6.20. The van der Waals surface area contributed by atoms with E-state index in [1.165, 1.54) is 29.4 Å². The highest BCUT2D eigenvalue weighted by atomic mass is 32.2. The number of carbonyl (C=O) groups excluding carboxylic acids is 1. The number of esters is 1. The Morgan fingerprint density at radius 1 is 1.30 bits per heavy atom. The Labute approximate surface area is 126 Å². The molecule has 1 atom stereocenters. The van der Waals surface area contributed by atoms with E-state index in [-0.39, 0.29) is 5.97 Å². The van der Waals surface area contributed by atoms with E-state index in [1.807, 2.05) is 7.05 Å². The van der Waals surface area contributed by atoms with E-state index in [4.69, 9.17) is 0 Å². The maximum absolute atomic E-state index is 11.1. The molecule has 1 aromatic rings. The minimum atomic E-state index is -0.138. The molecule has 1 aromatic carbocycles. The average Bonchev–Trinajstić information content (AvgIpc) is 2.39. The van der Waals surface area contributed by atoms with Crippen LogP contribution in [-0.2, 0) is 9.53 Å². The van der Waals surface area contributed by atoms with Crippen molar-refractivity contribution in [3.05, 3.63) is 34.4 Å². The van der Waals surface area contributed by atoms with Crippen LogP contribution in [0.4, 0.5) is 0 Å². The Bertz CT molecular complexity index is 437. The number of nitrogens with one attached hydrogen (secondary N) is 1. The van der Waals surface area contributed by atoms with Gasteiger partial charge >= 0.3 is 5.97 Å². The lowest BCUT2D eigenvalue weighted by Crippen LogP contribution is -2.21. The Balaban J connectivity index is 2.65. The molecule has 1 N–H and O–H groups in total. The normalized spacial score (nSPS) is 12.2. The summed E-state index contributed by atoms with van der Waals surface area (Å²) in [5.41, 5.74) is 5.34. The SMILES string of the molecule is CNC(CSCCC(=O)OC)c1c(C)cc(C)cc1C. The lowest BCUT2D eigenvalue weighted by atomic mass is 9.95. The molecule has 0 saturated carbocycles. The maximum Gasteiger partial charge on any atom is 0.306 e. The number of hydrogen-bond acceptors (Lipinski definition) is 4. The third-order valence-corrected chi connectivity index (χ3v) is 4.46. The van der Waals surface area contributed by atoms with Crippen LogP contribution in [0.15, 0.2) is 12.1 Å². The highest BCUT2D eigenvalue weighted by molar-refractivity contribution is 7.99. The maximum atomic E-state index is 11.1. The summed E-state index contributed by atoms with van der Waals surface area (Å²) in [5, 5.41) is 3.38. The number of carbonyl (C=O) groups is 1. The van der Waals surface area contributed by atoms with Gasteiger partial charge in [0.05, 0.1) is 13.5 Å². The highest BCUT2D eigenvalue weighted by Gasteiger charge is 2.15. The van der Waals surface area contributed by atoms with Gasteiger partial charge in [-0.05, 0) is 44.5 Å². The predicted molar refractivity (Wildman–Crippen MR) is 86.4 cm³/mol. The first-order chi connectivity index (χ1) is 9.49. The third kappa shape index (κ3) is 4.84. The summed E-state index contributed by atoms with van der Waals surface area (Å²) in [4.78, 5) is 11.1. The summed E-state index contributed by atoms with van der Waals surface area (Å²) in [6.45, 7) is 6.46. The van der Waals surface area contributed by atoms with Crippen molar-refractivity contribution in [2.75, 3.05) is 25.7 Å². The molecule has 0 heterocycles. The molecule has 1 unspecified atom stereocenters. The number of ether oxygens (including phenoxy) is 1. The summed E-state index contributed by atoms with van der Waals surface area (Å²) in [6.07, 6.45) is 0.476. The van der Waals surface area contributed by atoms with Crippen molar-refractivity contribution in [3.8, 4) is 0 Å². The van der Waals surface area contributed by atoms with Crippen LogP contribution >= 0.6 is 11.8 Å². The van der Waals surface area contributed by atoms with Gasteiger partial charge in [-0.1, -0.05) is 17.7 Å². The Hall–Kier alpha value is -1.00. The third-order valence-electron chi connectivity index (χ3n) is 3.40. The quantitative estimate of drug-likeness (QED) is 0.619. The van der Waals surface area contributed by atoms with Gasteiger partial charge in [-0.3, -0.25) is 4.79 Å². The van der Waals surface area contributed by atoms with Gasteiger partial charge in [0.15, 0.2) is 0 Å². The molecule has 0 aliphatic heterocycles. The summed E-state index contributed by atoms with van der Waals surface area (Å²) in [5.74, 6) is 1.62. The van der Waals surface area contributed by atoms with Gasteiger partial charge in [0.1, 0.15) is 0 Å². The van der Waals surface area contributed by atoms with Gasteiger partial charge in [0, 0.05) is 17.5 Å². The second kappa shape index (κ2) is 8.32. The lowest BCUT2D eigenvalue weighted by Gasteiger charge is -2.21. The van der Waals surface area contributed by atoms with Crippen LogP contribution in [-0.4, -0.2) is 31.6 Å². The van der Waals surface area contributed by atoms with Crippen molar-refractivity contribution in [1.82, 2.24) is 5.32 Å². The number of thioether (sulfide) groups is 1. The van der Waals surface area contributed by atoms with E-state index >= 15 is 0 Å². The van der Waals surface area contributed by atoms with Gasteiger partial charge in [-0.2, -0.15) is 11.8 Å². The van der Waals surface area contributed by atoms with Crippen LogP contribution in [0.5, 0.6) is 0 Å². The van der Waals surface area contributed by atoms with Crippen molar-refractivity contribution in [3.63, 3.8) is 0 Å². The lowest BCUT2D eigenvalue weighted by molar-refractivity contribution is -0.140. The number of rotatable bonds is 7. The molecule has 3 nitrogen and oxygen atoms in total. The first-order valence-electron chi connectivity index (χ1n) is 6.89. The minimum absolute atomic E-state index is 0.138. The molecular weight excluding hydrogens is 270 g/mol. The molecule has 0 amide bonds. The van der Waals surface area contributed by atoms with Crippen LogP contribution in [0.1, 0.15) is 34.7 Å². The number of aryl methyl sites for hydroxylation is 3. The summed E-state index contributed by atoms with van der Waals surface area (Å²) >= 11 is 1.78. The monoisotopic (exact) mass is 295 g/mol. The molecule has 0 radical (unpaired) electrons. The molecule has 0 saturated heterocycles. The number of benzene rings is 1. The largest absolute Gasteiger partial charge is 0.469 e. The zero-order valence-electron chi connectivity index (χ0n) is 13.1.